The Morgan fingerprint density at radius 1 is 1.19 bits per heavy atom. The van der Waals surface area contributed by atoms with Gasteiger partial charge in [0.25, 0.3) is 5.67 Å². The van der Waals surface area contributed by atoms with Gasteiger partial charge in [0.05, 0.1) is 6.61 Å². The van der Waals surface area contributed by atoms with Crippen molar-refractivity contribution < 1.29 is 28.3 Å². The van der Waals surface area contributed by atoms with Crippen molar-refractivity contribution in [2.75, 3.05) is 6.61 Å². The molecule has 2 atom stereocenters. The van der Waals surface area contributed by atoms with E-state index >= 15 is 4.39 Å². The van der Waals surface area contributed by atoms with Crippen LogP contribution in [0.3, 0.4) is 0 Å². The number of hydrogen-bond donors (Lipinski definition) is 0. The van der Waals surface area contributed by atoms with Crippen LogP contribution in [0.1, 0.15) is 44.5 Å². The highest BCUT2D eigenvalue weighted by Crippen LogP contribution is 2.39. The Kier molecular flexibility index (Phi) is 5.30. The fraction of sp³-hybridized carbons (Fsp3) is 0.474. The molecule has 2 rings (SSSR count). The number of hydrogen-bond acceptors (Lipinski definition) is 5. The molecule has 1 aliphatic heterocycles. The molecule has 1 heterocycles. The number of alkyl halides is 1. The Morgan fingerprint density at radius 3 is 2.23 bits per heavy atom. The molecule has 140 valence electrons. The van der Waals surface area contributed by atoms with Crippen LogP contribution in [0.25, 0.3) is 0 Å². The zero-order chi connectivity index (χ0) is 19.7. The molecular weight excluding hydrogens is 341 g/mol. The molecule has 1 aliphatic rings. The van der Waals surface area contributed by atoms with E-state index in [4.69, 9.17) is 4.74 Å². The van der Waals surface area contributed by atoms with Crippen molar-refractivity contribution in [3.63, 3.8) is 0 Å². The fourth-order valence-electron chi connectivity index (χ4n) is 3.08. The second-order valence-electron chi connectivity index (χ2n) is 7.12. The van der Waals surface area contributed by atoms with Gasteiger partial charge in [-0.15, -0.1) is 0 Å². The van der Waals surface area contributed by atoms with Crippen LogP contribution >= 0.6 is 0 Å². The first-order valence-corrected chi connectivity index (χ1v) is 8.38. The van der Waals surface area contributed by atoms with Crippen molar-refractivity contribution >= 4 is 23.6 Å². The van der Waals surface area contributed by atoms with Crippen LogP contribution < -0.4 is 0 Å². The summed E-state index contributed by atoms with van der Waals surface area (Å²) < 4.78 is 20.7. The number of rotatable bonds is 5. The van der Waals surface area contributed by atoms with Gasteiger partial charge < -0.3 is 4.74 Å². The molecular formula is C19H22FNO5. The lowest BCUT2D eigenvalue weighted by Crippen LogP contribution is -2.54. The van der Waals surface area contributed by atoms with Crippen molar-refractivity contribution in [1.82, 2.24) is 4.90 Å². The minimum absolute atomic E-state index is 0.0717. The average molecular weight is 363 g/mol. The predicted molar refractivity (Wildman–Crippen MR) is 91.0 cm³/mol. The van der Waals surface area contributed by atoms with Gasteiger partial charge in [0.15, 0.2) is 0 Å². The van der Waals surface area contributed by atoms with E-state index in [9.17, 15) is 19.2 Å². The standard InChI is InChI=1S/C19H22FNO5/c1-5-26-17(25)19(20,15(23)12-9-7-6-8-10-12)13-11-14(22)21(16(13)24)18(2,3)4/h6-10,13H,5,11H2,1-4H3/t13-,19+/m0/s1. The van der Waals surface area contributed by atoms with E-state index in [0.717, 1.165) is 4.90 Å². The third-order valence-electron chi connectivity index (χ3n) is 4.24. The number of Topliss-reactive ketones (excluding diaryl/α,β-unsaturated/α-hetero) is 1. The van der Waals surface area contributed by atoms with Gasteiger partial charge in [-0.25, -0.2) is 9.18 Å². The third kappa shape index (κ3) is 3.25. The zero-order valence-corrected chi connectivity index (χ0v) is 15.2. The van der Waals surface area contributed by atoms with E-state index in [1.54, 1.807) is 26.8 Å². The van der Waals surface area contributed by atoms with Crippen LogP contribution in [-0.2, 0) is 19.1 Å². The summed E-state index contributed by atoms with van der Waals surface area (Å²) in [5, 5.41) is 0. The molecule has 0 aromatic heterocycles. The number of esters is 1. The number of amides is 2. The number of likely N-dealkylation sites (tertiary alicyclic amines) is 1. The van der Waals surface area contributed by atoms with E-state index < -0.39 is 47.1 Å². The molecule has 1 saturated heterocycles. The molecule has 7 heteroatoms. The number of ether oxygens (including phenoxy) is 1. The van der Waals surface area contributed by atoms with Gasteiger partial charge in [-0.1, -0.05) is 30.3 Å². The Morgan fingerprint density at radius 2 is 1.77 bits per heavy atom. The summed E-state index contributed by atoms with van der Waals surface area (Å²) in [7, 11) is 0. The van der Waals surface area contributed by atoms with E-state index in [1.165, 1.54) is 31.2 Å². The maximum atomic E-state index is 15.9. The molecule has 26 heavy (non-hydrogen) atoms. The molecule has 6 nitrogen and oxygen atoms in total. The molecule has 0 radical (unpaired) electrons. The molecule has 0 N–H and O–H groups in total. The van der Waals surface area contributed by atoms with Crippen LogP contribution in [0.5, 0.6) is 0 Å². The summed E-state index contributed by atoms with van der Waals surface area (Å²) in [6, 6.07) is 7.35. The Bertz CT molecular complexity index is 740. The largest absolute Gasteiger partial charge is 0.463 e. The zero-order valence-electron chi connectivity index (χ0n) is 15.2. The SMILES string of the molecule is CCOC(=O)[C@](F)(C(=O)c1ccccc1)[C@H]1CC(=O)N(C(C)(C)C)C1=O. The first-order chi connectivity index (χ1) is 12.0. The smallest absolute Gasteiger partial charge is 0.353 e. The summed E-state index contributed by atoms with van der Waals surface area (Å²) in [5.74, 6) is -5.89. The van der Waals surface area contributed by atoms with E-state index in [2.05, 4.69) is 0 Å². The molecule has 0 saturated carbocycles. The third-order valence-corrected chi connectivity index (χ3v) is 4.24. The molecule has 1 aromatic rings. The van der Waals surface area contributed by atoms with Gasteiger partial charge in [-0.3, -0.25) is 19.3 Å². The summed E-state index contributed by atoms with van der Waals surface area (Å²) in [5.41, 5.74) is -4.23. The highest BCUT2D eigenvalue weighted by Gasteiger charge is 2.63. The molecule has 0 bridgehead atoms. The molecule has 2 amide bonds. The summed E-state index contributed by atoms with van der Waals surface area (Å²) in [6.07, 6.45) is -0.565. The van der Waals surface area contributed by atoms with Crippen molar-refractivity contribution in [2.45, 2.75) is 45.3 Å². The highest BCUT2D eigenvalue weighted by molar-refractivity contribution is 6.20. The topological polar surface area (TPSA) is 80.8 Å². The Labute approximate surface area is 151 Å². The van der Waals surface area contributed by atoms with Crippen molar-refractivity contribution in [3.8, 4) is 0 Å². The van der Waals surface area contributed by atoms with Gasteiger partial charge in [0, 0.05) is 17.5 Å². The second-order valence-corrected chi connectivity index (χ2v) is 7.12. The van der Waals surface area contributed by atoms with Crippen LogP contribution in [0.4, 0.5) is 4.39 Å². The summed E-state index contributed by atoms with van der Waals surface area (Å²) in [4.78, 5) is 51.2. The van der Waals surface area contributed by atoms with Crippen LogP contribution in [0.2, 0.25) is 0 Å². The maximum Gasteiger partial charge on any atom is 0.353 e. The Hall–Kier alpha value is -2.57. The van der Waals surface area contributed by atoms with Gasteiger partial charge in [0.2, 0.25) is 17.6 Å². The second kappa shape index (κ2) is 6.97. The number of carbonyl (C=O) groups excluding carboxylic acids is 4. The number of ketones is 1. The van der Waals surface area contributed by atoms with E-state index in [0.29, 0.717) is 0 Å². The fourth-order valence-corrected chi connectivity index (χ4v) is 3.08. The van der Waals surface area contributed by atoms with Gasteiger partial charge in [-0.2, -0.15) is 0 Å². The number of nitrogens with zero attached hydrogens (tertiary/aromatic N) is 1. The number of imide groups is 1. The molecule has 1 fully saturated rings. The lowest BCUT2D eigenvalue weighted by atomic mass is 9.81. The average Bonchev–Trinajstić information content (AvgIpc) is 2.89. The van der Waals surface area contributed by atoms with E-state index in [-0.39, 0.29) is 12.2 Å². The number of carbonyl (C=O) groups is 4. The molecule has 0 aliphatic carbocycles. The highest BCUT2D eigenvalue weighted by atomic mass is 19.1. The van der Waals surface area contributed by atoms with E-state index in [1.807, 2.05) is 0 Å². The monoisotopic (exact) mass is 363 g/mol. The lowest BCUT2D eigenvalue weighted by Gasteiger charge is -2.31. The van der Waals surface area contributed by atoms with Gasteiger partial charge in [0.1, 0.15) is 5.92 Å². The maximum absolute atomic E-state index is 15.9. The first kappa shape index (κ1) is 19.8. The summed E-state index contributed by atoms with van der Waals surface area (Å²) in [6.45, 7) is 6.16. The number of halogens is 1. The molecule has 0 unspecified atom stereocenters. The molecule has 0 spiro atoms. The van der Waals surface area contributed by atoms with Crippen molar-refractivity contribution in [1.29, 1.82) is 0 Å². The van der Waals surface area contributed by atoms with Crippen LogP contribution in [-0.4, -0.2) is 46.3 Å². The quantitative estimate of drug-likeness (QED) is 0.347. The normalized spacial score (nSPS) is 20.0. The number of benzene rings is 1. The molecule has 1 aromatic carbocycles. The first-order valence-electron chi connectivity index (χ1n) is 8.38. The van der Waals surface area contributed by atoms with Crippen molar-refractivity contribution in [3.05, 3.63) is 35.9 Å². The van der Waals surface area contributed by atoms with Crippen molar-refractivity contribution in [2.24, 2.45) is 5.92 Å². The Balaban J connectivity index is 2.53. The minimum atomic E-state index is -3.26. The van der Waals surface area contributed by atoms with Crippen LogP contribution in [0, 0.1) is 5.92 Å². The van der Waals surface area contributed by atoms with Gasteiger partial charge in [-0.05, 0) is 27.7 Å². The minimum Gasteiger partial charge on any atom is -0.463 e. The summed E-state index contributed by atoms with van der Waals surface area (Å²) >= 11 is 0. The lowest BCUT2D eigenvalue weighted by molar-refractivity contribution is -0.161. The van der Waals surface area contributed by atoms with Gasteiger partial charge >= 0.3 is 5.97 Å². The van der Waals surface area contributed by atoms with Crippen LogP contribution in [0.15, 0.2) is 30.3 Å². The predicted octanol–water partition coefficient (Wildman–Crippen LogP) is 2.31.